The minimum atomic E-state index is -0.637. The second kappa shape index (κ2) is 6.19. The number of carbonyl (C=O) groups is 1. The first kappa shape index (κ1) is 15.2. The van der Waals surface area contributed by atoms with Crippen molar-refractivity contribution in [1.29, 1.82) is 0 Å². The van der Waals surface area contributed by atoms with Gasteiger partial charge in [-0.2, -0.15) is 0 Å². The van der Waals surface area contributed by atoms with Crippen LogP contribution in [0.2, 0.25) is 10.0 Å². The van der Waals surface area contributed by atoms with Crippen molar-refractivity contribution < 1.29 is 9.53 Å². The molecule has 114 valence electrons. The van der Waals surface area contributed by atoms with Gasteiger partial charge in [0.05, 0.1) is 5.02 Å². The molecule has 3 rings (SSSR count). The van der Waals surface area contributed by atoms with Gasteiger partial charge in [-0.25, -0.2) is 0 Å². The summed E-state index contributed by atoms with van der Waals surface area (Å²) in [6.07, 6.45) is 0.231. The second-order valence-corrected chi connectivity index (χ2v) is 5.97. The average Bonchev–Trinajstić information content (AvgIpc) is 2.95. The number of carbonyl (C=O) groups excluding carboxylic acids is 1. The Morgan fingerprint density at radius 2 is 1.95 bits per heavy atom. The van der Waals surface area contributed by atoms with E-state index in [2.05, 4.69) is 0 Å². The van der Waals surface area contributed by atoms with Gasteiger partial charge in [-0.3, -0.25) is 4.79 Å². The van der Waals surface area contributed by atoms with Crippen LogP contribution in [0.25, 0.3) is 0 Å². The molecule has 1 aliphatic heterocycles. The maximum atomic E-state index is 12.6. The van der Waals surface area contributed by atoms with E-state index >= 15 is 0 Å². The lowest BCUT2D eigenvalue weighted by Gasteiger charge is -2.22. The van der Waals surface area contributed by atoms with Gasteiger partial charge in [0.2, 0.25) is 0 Å². The summed E-state index contributed by atoms with van der Waals surface area (Å²) in [7, 11) is 0. The number of nitrogens with zero attached hydrogens (tertiary/aromatic N) is 1. The van der Waals surface area contributed by atoms with Crippen LogP contribution in [0, 0.1) is 0 Å². The van der Waals surface area contributed by atoms with E-state index in [1.807, 2.05) is 24.3 Å². The molecule has 0 aromatic heterocycles. The minimum Gasteiger partial charge on any atom is -0.479 e. The van der Waals surface area contributed by atoms with E-state index in [4.69, 9.17) is 27.9 Å². The molecular formula is C17H15Cl2NO2. The van der Waals surface area contributed by atoms with E-state index in [0.29, 0.717) is 22.3 Å². The van der Waals surface area contributed by atoms with Gasteiger partial charge in [0.1, 0.15) is 10.8 Å². The van der Waals surface area contributed by atoms with Crippen molar-refractivity contribution in [2.45, 2.75) is 19.4 Å². The fraction of sp³-hybridized carbons (Fsp3) is 0.235. The lowest BCUT2D eigenvalue weighted by Crippen LogP contribution is -2.39. The van der Waals surface area contributed by atoms with Crippen molar-refractivity contribution in [2.24, 2.45) is 0 Å². The van der Waals surface area contributed by atoms with Gasteiger partial charge in [0, 0.05) is 12.2 Å². The van der Waals surface area contributed by atoms with Crippen molar-refractivity contribution in [3.63, 3.8) is 0 Å². The highest BCUT2D eigenvalue weighted by Gasteiger charge is 2.29. The molecule has 1 aliphatic rings. The highest BCUT2D eigenvalue weighted by molar-refractivity contribution is 6.42. The zero-order chi connectivity index (χ0) is 15.7. The third kappa shape index (κ3) is 2.79. The number of rotatable bonds is 3. The Morgan fingerprint density at radius 3 is 2.77 bits per heavy atom. The Bertz CT molecular complexity index is 718. The van der Waals surface area contributed by atoms with Crippen LogP contribution in [-0.4, -0.2) is 18.6 Å². The number of hydrogen-bond donors (Lipinski definition) is 0. The van der Waals surface area contributed by atoms with Crippen LogP contribution < -0.4 is 9.64 Å². The smallest absolute Gasteiger partial charge is 0.267 e. The Balaban J connectivity index is 1.77. The molecule has 0 saturated carbocycles. The summed E-state index contributed by atoms with van der Waals surface area (Å²) in [5.41, 5.74) is 2.14. The molecule has 0 bridgehead atoms. The largest absolute Gasteiger partial charge is 0.479 e. The Labute approximate surface area is 139 Å². The van der Waals surface area contributed by atoms with Crippen molar-refractivity contribution in [2.75, 3.05) is 11.4 Å². The molecule has 1 heterocycles. The van der Waals surface area contributed by atoms with Crippen molar-refractivity contribution in [3.05, 3.63) is 58.1 Å². The number of para-hydroxylation sites is 1. The average molecular weight is 336 g/mol. The first-order chi connectivity index (χ1) is 10.6. The van der Waals surface area contributed by atoms with Crippen molar-refractivity contribution >= 4 is 34.8 Å². The van der Waals surface area contributed by atoms with E-state index in [1.165, 1.54) is 5.56 Å². The number of fused-ring (bicyclic) bond motifs is 1. The molecule has 0 aliphatic carbocycles. The number of benzene rings is 2. The molecule has 1 amide bonds. The molecular weight excluding hydrogens is 321 g/mol. The standard InChI is InChI=1S/C17H15Cl2NO2/c1-11(22-15-8-4-6-13(18)16(15)19)17(21)20-10-9-12-5-2-3-7-14(12)20/h2-8,11H,9-10H2,1H3. The normalized spacial score (nSPS) is 14.6. The van der Waals surface area contributed by atoms with Gasteiger partial charge in [0.25, 0.3) is 5.91 Å². The topological polar surface area (TPSA) is 29.5 Å². The van der Waals surface area contributed by atoms with E-state index in [-0.39, 0.29) is 5.91 Å². The molecule has 5 heteroatoms. The zero-order valence-corrected chi connectivity index (χ0v) is 13.6. The molecule has 2 aromatic carbocycles. The lowest BCUT2D eigenvalue weighted by atomic mass is 10.2. The predicted octanol–water partition coefficient (Wildman–Crippen LogP) is 4.35. The van der Waals surface area contributed by atoms with Gasteiger partial charge in [0.15, 0.2) is 6.10 Å². The quantitative estimate of drug-likeness (QED) is 0.834. The SMILES string of the molecule is CC(Oc1cccc(Cl)c1Cl)C(=O)N1CCc2ccccc21. The van der Waals surface area contributed by atoms with Gasteiger partial charge < -0.3 is 9.64 Å². The predicted molar refractivity (Wildman–Crippen MR) is 89.1 cm³/mol. The summed E-state index contributed by atoms with van der Waals surface area (Å²) in [6, 6.07) is 13.0. The van der Waals surface area contributed by atoms with Gasteiger partial charge in [-0.1, -0.05) is 47.5 Å². The summed E-state index contributed by atoms with van der Waals surface area (Å²) >= 11 is 12.1. The highest BCUT2D eigenvalue weighted by Crippen LogP contribution is 2.33. The van der Waals surface area contributed by atoms with Crippen LogP contribution in [0.5, 0.6) is 5.75 Å². The molecule has 1 unspecified atom stereocenters. The van der Waals surface area contributed by atoms with E-state index in [9.17, 15) is 4.79 Å². The van der Waals surface area contributed by atoms with Crippen LogP contribution in [0.4, 0.5) is 5.69 Å². The molecule has 0 saturated heterocycles. The maximum Gasteiger partial charge on any atom is 0.267 e. The maximum absolute atomic E-state index is 12.6. The molecule has 0 radical (unpaired) electrons. The van der Waals surface area contributed by atoms with Gasteiger partial charge in [-0.15, -0.1) is 0 Å². The van der Waals surface area contributed by atoms with Crippen LogP contribution >= 0.6 is 23.2 Å². The fourth-order valence-electron chi connectivity index (χ4n) is 2.60. The summed E-state index contributed by atoms with van der Waals surface area (Å²) in [5, 5.41) is 0.732. The van der Waals surface area contributed by atoms with E-state index in [0.717, 1.165) is 12.1 Å². The van der Waals surface area contributed by atoms with E-state index in [1.54, 1.807) is 30.0 Å². The number of amides is 1. The zero-order valence-electron chi connectivity index (χ0n) is 12.1. The van der Waals surface area contributed by atoms with Crippen LogP contribution in [0.1, 0.15) is 12.5 Å². The van der Waals surface area contributed by atoms with Crippen LogP contribution in [0.3, 0.4) is 0 Å². The highest BCUT2D eigenvalue weighted by atomic mass is 35.5. The number of hydrogen-bond acceptors (Lipinski definition) is 2. The van der Waals surface area contributed by atoms with Gasteiger partial charge in [-0.05, 0) is 37.1 Å². The number of anilines is 1. The lowest BCUT2D eigenvalue weighted by molar-refractivity contribution is -0.124. The fourth-order valence-corrected chi connectivity index (χ4v) is 2.94. The summed E-state index contributed by atoms with van der Waals surface area (Å²) < 4.78 is 5.71. The second-order valence-electron chi connectivity index (χ2n) is 5.18. The molecule has 22 heavy (non-hydrogen) atoms. The van der Waals surface area contributed by atoms with Crippen LogP contribution in [0.15, 0.2) is 42.5 Å². The third-order valence-corrected chi connectivity index (χ3v) is 4.52. The third-order valence-electron chi connectivity index (χ3n) is 3.72. The molecule has 1 atom stereocenters. The Morgan fingerprint density at radius 1 is 1.18 bits per heavy atom. The minimum absolute atomic E-state index is 0.0824. The first-order valence-corrected chi connectivity index (χ1v) is 7.83. The summed E-state index contributed by atoms with van der Waals surface area (Å²) in [6.45, 7) is 2.40. The first-order valence-electron chi connectivity index (χ1n) is 7.08. The monoisotopic (exact) mass is 335 g/mol. The summed E-state index contributed by atoms with van der Waals surface area (Å²) in [4.78, 5) is 14.4. The van der Waals surface area contributed by atoms with Gasteiger partial charge >= 0.3 is 0 Å². The molecule has 2 aromatic rings. The Hall–Kier alpha value is -1.71. The molecule has 3 nitrogen and oxygen atoms in total. The number of ether oxygens (including phenoxy) is 1. The molecule has 0 spiro atoms. The Kier molecular flexibility index (Phi) is 4.27. The molecule has 0 fully saturated rings. The van der Waals surface area contributed by atoms with Crippen LogP contribution in [-0.2, 0) is 11.2 Å². The summed E-state index contributed by atoms with van der Waals surface area (Å²) in [5.74, 6) is 0.337. The van der Waals surface area contributed by atoms with Crippen molar-refractivity contribution in [3.8, 4) is 5.75 Å². The van der Waals surface area contributed by atoms with Crippen molar-refractivity contribution in [1.82, 2.24) is 0 Å². The molecule has 0 N–H and O–H groups in total. The van der Waals surface area contributed by atoms with E-state index < -0.39 is 6.10 Å². The number of halogens is 2.